The molecule has 1 saturated carbocycles. The number of anilines is 1. The Morgan fingerprint density at radius 1 is 1.29 bits per heavy atom. The van der Waals surface area contributed by atoms with Crippen LogP contribution in [0.25, 0.3) is 0 Å². The molecule has 4 rings (SSSR count). The lowest BCUT2D eigenvalue weighted by molar-refractivity contribution is -0.129. The molecule has 0 radical (unpaired) electrons. The number of nitrogens with one attached hydrogen (secondary N) is 1. The summed E-state index contributed by atoms with van der Waals surface area (Å²) in [5.41, 5.74) is 0.900. The van der Waals surface area contributed by atoms with Crippen molar-refractivity contribution in [2.24, 2.45) is 11.8 Å². The number of likely N-dealkylation sites (tertiary alicyclic amines) is 1. The van der Waals surface area contributed by atoms with E-state index in [1.165, 1.54) is 11.3 Å². The molecule has 0 spiro atoms. The van der Waals surface area contributed by atoms with E-state index in [0.717, 1.165) is 18.5 Å². The summed E-state index contributed by atoms with van der Waals surface area (Å²) >= 11 is 1.39. The molecule has 0 unspecified atom stereocenters. The van der Waals surface area contributed by atoms with Crippen LogP contribution in [0.1, 0.15) is 35.0 Å². The Hall–Kier alpha value is -2.32. The number of carbonyl (C=O) groups is 2. The van der Waals surface area contributed by atoms with Crippen LogP contribution < -0.4 is 5.32 Å². The average molecular weight is 401 g/mol. The van der Waals surface area contributed by atoms with Gasteiger partial charge in [0.2, 0.25) is 5.91 Å². The van der Waals surface area contributed by atoms with E-state index in [4.69, 9.17) is 0 Å². The first kappa shape index (κ1) is 19.0. The quantitative estimate of drug-likeness (QED) is 0.746. The number of carbonyl (C=O) groups excluding carboxylic acids is 2. The van der Waals surface area contributed by atoms with Crippen LogP contribution in [0.3, 0.4) is 0 Å². The number of hydrogen-bond donors (Lipinski definition) is 2. The van der Waals surface area contributed by atoms with Crippen LogP contribution in [0.2, 0.25) is 0 Å². The van der Waals surface area contributed by atoms with Gasteiger partial charge in [0.05, 0.1) is 29.6 Å². The van der Waals surface area contributed by atoms with Crippen LogP contribution in [0, 0.1) is 11.8 Å². The zero-order valence-corrected chi connectivity index (χ0v) is 16.6. The number of fused-ring (bicyclic) bond motifs is 1. The maximum atomic E-state index is 12.7. The Labute approximate surface area is 167 Å². The second-order valence-corrected chi connectivity index (χ2v) is 8.66. The molecule has 2 aliphatic rings. The molecule has 1 aliphatic carbocycles. The van der Waals surface area contributed by atoms with Gasteiger partial charge in [0.15, 0.2) is 5.78 Å². The van der Waals surface area contributed by atoms with Crippen LogP contribution in [0.15, 0.2) is 30.0 Å². The number of aliphatic hydroxyl groups excluding tert-OH is 1. The molecule has 2 aromatic rings. The molecule has 4 atom stereocenters. The van der Waals surface area contributed by atoms with Gasteiger partial charge in [-0.1, -0.05) is 0 Å². The van der Waals surface area contributed by atoms with Crippen molar-refractivity contribution in [1.29, 1.82) is 0 Å². The lowest BCUT2D eigenvalue weighted by atomic mass is 9.77. The third kappa shape index (κ3) is 4.07. The summed E-state index contributed by atoms with van der Waals surface area (Å²) in [5.74, 6) is 1.49. The average Bonchev–Trinajstić information content (AvgIpc) is 3.30. The molecular formula is C20H24N4O3S. The van der Waals surface area contributed by atoms with Crippen LogP contribution in [0.4, 0.5) is 5.82 Å². The van der Waals surface area contributed by atoms with Crippen molar-refractivity contribution in [3.05, 3.63) is 40.5 Å². The van der Waals surface area contributed by atoms with Gasteiger partial charge in [-0.15, -0.1) is 11.3 Å². The van der Waals surface area contributed by atoms with Crippen molar-refractivity contribution in [2.75, 3.05) is 18.4 Å². The standard InChI is InChI=1S/C20H24N4O3S/c1-12(25)18-4-13(11-28-18)5-20(27)24-9-14-6-16(17(26)7-15(14)10-24)23-19-8-21-2-3-22-19/h2-4,8,11,14-17,26H,5-7,9-10H2,1H3,(H,22,23)/t14-,15+,16-,17-/m1/s1. The summed E-state index contributed by atoms with van der Waals surface area (Å²) in [7, 11) is 0. The number of thiophene rings is 1. The fraction of sp³-hybridized carbons (Fsp3) is 0.500. The van der Waals surface area contributed by atoms with E-state index >= 15 is 0 Å². The van der Waals surface area contributed by atoms with E-state index < -0.39 is 6.10 Å². The molecule has 28 heavy (non-hydrogen) atoms. The number of amides is 1. The largest absolute Gasteiger partial charge is 0.391 e. The molecular weight excluding hydrogens is 376 g/mol. The van der Waals surface area contributed by atoms with E-state index in [1.54, 1.807) is 25.5 Å². The zero-order chi connectivity index (χ0) is 19.7. The minimum absolute atomic E-state index is 0.0338. The van der Waals surface area contributed by atoms with Gasteiger partial charge in [-0.05, 0) is 48.6 Å². The van der Waals surface area contributed by atoms with Gasteiger partial charge in [-0.25, -0.2) is 4.98 Å². The predicted molar refractivity (Wildman–Crippen MR) is 106 cm³/mol. The summed E-state index contributed by atoms with van der Waals surface area (Å²) < 4.78 is 0. The molecule has 148 valence electrons. The van der Waals surface area contributed by atoms with E-state index in [-0.39, 0.29) is 17.7 Å². The van der Waals surface area contributed by atoms with Gasteiger partial charge in [0.25, 0.3) is 0 Å². The second-order valence-electron chi connectivity index (χ2n) is 7.75. The van der Waals surface area contributed by atoms with Crippen LogP contribution >= 0.6 is 11.3 Å². The number of hydrogen-bond acceptors (Lipinski definition) is 7. The molecule has 3 heterocycles. The van der Waals surface area contributed by atoms with Gasteiger partial charge in [-0.2, -0.15) is 0 Å². The highest BCUT2D eigenvalue weighted by Gasteiger charge is 2.43. The first-order chi connectivity index (χ1) is 13.5. The van der Waals surface area contributed by atoms with Crippen molar-refractivity contribution < 1.29 is 14.7 Å². The van der Waals surface area contributed by atoms with Crippen molar-refractivity contribution in [2.45, 2.75) is 38.3 Å². The van der Waals surface area contributed by atoms with Gasteiger partial charge < -0.3 is 15.3 Å². The van der Waals surface area contributed by atoms with Gasteiger partial charge in [0.1, 0.15) is 5.82 Å². The van der Waals surface area contributed by atoms with Crippen molar-refractivity contribution in [3.8, 4) is 0 Å². The van der Waals surface area contributed by atoms with Crippen LogP contribution in [-0.2, 0) is 11.2 Å². The Morgan fingerprint density at radius 3 is 2.75 bits per heavy atom. The lowest BCUT2D eigenvalue weighted by Crippen LogP contribution is -2.43. The normalized spacial score (nSPS) is 26.7. The Morgan fingerprint density at radius 2 is 2.07 bits per heavy atom. The van der Waals surface area contributed by atoms with Gasteiger partial charge >= 0.3 is 0 Å². The van der Waals surface area contributed by atoms with Crippen molar-refractivity contribution >= 4 is 28.8 Å². The molecule has 1 amide bonds. The summed E-state index contributed by atoms with van der Waals surface area (Å²) in [6, 6.07) is 1.74. The van der Waals surface area contributed by atoms with E-state index in [9.17, 15) is 14.7 Å². The number of rotatable bonds is 5. The molecule has 2 N–H and O–H groups in total. The number of aliphatic hydroxyl groups is 1. The topological polar surface area (TPSA) is 95.4 Å². The highest BCUT2D eigenvalue weighted by atomic mass is 32.1. The minimum Gasteiger partial charge on any atom is -0.391 e. The van der Waals surface area contributed by atoms with Crippen LogP contribution in [-0.4, -0.2) is 56.9 Å². The number of ketones is 1. The third-order valence-corrected chi connectivity index (χ3v) is 6.83. The van der Waals surface area contributed by atoms with E-state index in [0.29, 0.717) is 41.9 Å². The Balaban J connectivity index is 1.36. The van der Waals surface area contributed by atoms with Crippen LogP contribution in [0.5, 0.6) is 0 Å². The summed E-state index contributed by atoms with van der Waals surface area (Å²) in [5, 5.41) is 15.7. The molecule has 7 nitrogen and oxygen atoms in total. The summed E-state index contributed by atoms with van der Waals surface area (Å²) in [6.45, 7) is 2.96. The molecule has 2 aromatic heterocycles. The number of aromatic nitrogens is 2. The maximum Gasteiger partial charge on any atom is 0.227 e. The fourth-order valence-corrected chi connectivity index (χ4v) is 5.11. The smallest absolute Gasteiger partial charge is 0.227 e. The number of nitrogens with zero attached hydrogens (tertiary/aromatic N) is 3. The highest BCUT2D eigenvalue weighted by Crippen LogP contribution is 2.37. The number of Topliss-reactive ketones (excluding diaryl/α,β-unsaturated/α-hetero) is 1. The van der Waals surface area contributed by atoms with Gasteiger partial charge in [-0.3, -0.25) is 14.6 Å². The monoisotopic (exact) mass is 400 g/mol. The van der Waals surface area contributed by atoms with E-state index in [1.807, 2.05) is 16.3 Å². The molecule has 8 heteroatoms. The Kier molecular flexibility index (Phi) is 5.41. The highest BCUT2D eigenvalue weighted by molar-refractivity contribution is 7.12. The molecule has 1 saturated heterocycles. The summed E-state index contributed by atoms with van der Waals surface area (Å²) in [6.07, 6.45) is 6.24. The van der Waals surface area contributed by atoms with E-state index in [2.05, 4.69) is 15.3 Å². The zero-order valence-electron chi connectivity index (χ0n) is 15.7. The molecule has 1 aliphatic heterocycles. The molecule has 0 bridgehead atoms. The minimum atomic E-state index is -0.465. The molecule has 0 aromatic carbocycles. The first-order valence-corrected chi connectivity index (χ1v) is 10.4. The summed E-state index contributed by atoms with van der Waals surface area (Å²) in [4.78, 5) is 35.1. The fourth-order valence-electron chi connectivity index (χ4n) is 4.29. The Bertz CT molecular complexity index is 856. The van der Waals surface area contributed by atoms with Gasteiger partial charge in [0, 0.05) is 25.5 Å². The third-order valence-electron chi connectivity index (χ3n) is 5.75. The maximum absolute atomic E-state index is 12.7. The van der Waals surface area contributed by atoms with Crippen molar-refractivity contribution in [3.63, 3.8) is 0 Å². The predicted octanol–water partition coefficient (Wildman–Crippen LogP) is 1.99. The molecule has 2 fully saturated rings. The lowest BCUT2D eigenvalue weighted by Gasteiger charge is -2.35. The SMILES string of the molecule is CC(=O)c1cc(CC(=O)N2C[C@H]3C[C@@H](Nc4cnccn4)[C@H](O)C[C@H]3C2)cs1. The second kappa shape index (κ2) is 7.97. The first-order valence-electron chi connectivity index (χ1n) is 9.56. The van der Waals surface area contributed by atoms with Crippen molar-refractivity contribution in [1.82, 2.24) is 14.9 Å².